The number of furan rings is 1. The second-order valence-corrected chi connectivity index (χ2v) is 15.9. The molecule has 0 bridgehead atoms. The van der Waals surface area contributed by atoms with Gasteiger partial charge in [-0.1, -0.05) is 169 Å². The van der Waals surface area contributed by atoms with Crippen LogP contribution in [0.4, 0.5) is 34.1 Å². The lowest BCUT2D eigenvalue weighted by Gasteiger charge is -2.28. The number of benzene rings is 10. The fourth-order valence-corrected chi connectivity index (χ4v) is 8.98. The molecular weight excluding hydrogens is 741 g/mol. The number of aryl methyl sites for hydroxylation is 2. The van der Waals surface area contributed by atoms with Crippen LogP contribution in [0.3, 0.4) is 0 Å². The van der Waals surface area contributed by atoms with Crippen molar-refractivity contribution in [3.05, 3.63) is 230 Å². The van der Waals surface area contributed by atoms with E-state index in [9.17, 15) is 0 Å². The van der Waals surface area contributed by atoms with Crippen LogP contribution in [-0.2, 0) is 0 Å². The number of hydrogen-bond acceptors (Lipinski definition) is 3. The van der Waals surface area contributed by atoms with Gasteiger partial charge in [-0.15, -0.1) is 0 Å². The topological polar surface area (TPSA) is 19.6 Å². The first-order valence-corrected chi connectivity index (χ1v) is 20.9. The summed E-state index contributed by atoms with van der Waals surface area (Å²) >= 11 is 0. The third kappa shape index (κ3) is 6.48. The minimum absolute atomic E-state index is 0.843. The van der Waals surface area contributed by atoms with Gasteiger partial charge in [0.05, 0.1) is 11.4 Å². The Morgan fingerprint density at radius 2 is 0.656 bits per heavy atom. The van der Waals surface area contributed by atoms with Gasteiger partial charge in [-0.25, -0.2) is 0 Å². The van der Waals surface area contributed by atoms with Crippen molar-refractivity contribution >= 4 is 77.6 Å². The average Bonchev–Trinajstić information content (AvgIpc) is 3.70. The van der Waals surface area contributed by atoms with Gasteiger partial charge in [0.1, 0.15) is 11.2 Å². The van der Waals surface area contributed by atoms with E-state index in [1.165, 1.54) is 22.3 Å². The fourth-order valence-electron chi connectivity index (χ4n) is 8.98. The second-order valence-electron chi connectivity index (χ2n) is 15.9. The summed E-state index contributed by atoms with van der Waals surface area (Å²) in [6.45, 7) is 4.27. The predicted octanol–water partition coefficient (Wildman–Crippen LogP) is 16.8. The molecule has 0 radical (unpaired) electrons. The van der Waals surface area contributed by atoms with Crippen molar-refractivity contribution < 1.29 is 4.42 Å². The Kier molecular flexibility index (Phi) is 8.94. The minimum Gasteiger partial charge on any atom is -0.456 e. The van der Waals surface area contributed by atoms with Crippen LogP contribution in [-0.4, -0.2) is 0 Å². The van der Waals surface area contributed by atoms with E-state index in [4.69, 9.17) is 4.42 Å². The molecule has 0 atom stereocenters. The largest absolute Gasteiger partial charge is 0.456 e. The van der Waals surface area contributed by atoms with E-state index in [2.05, 4.69) is 242 Å². The Hall–Kier alpha value is -7.88. The van der Waals surface area contributed by atoms with E-state index in [1.54, 1.807) is 0 Å². The summed E-state index contributed by atoms with van der Waals surface area (Å²) in [5, 5.41) is 6.83. The molecule has 0 fully saturated rings. The molecular formula is C58H42N2O. The molecule has 0 aliphatic rings. The van der Waals surface area contributed by atoms with E-state index in [0.717, 1.165) is 88.7 Å². The molecule has 3 nitrogen and oxygen atoms in total. The summed E-state index contributed by atoms with van der Waals surface area (Å²) in [5.41, 5.74) is 15.2. The van der Waals surface area contributed by atoms with Crippen LogP contribution in [0.5, 0.6) is 0 Å². The molecule has 0 unspecified atom stereocenters. The van der Waals surface area contributed by atoms with Crippen LogP contribution in [0, 0.1) is 13.8 Å². The summed E-state index contributed by atoms with van der Waals surface area (Å²) in [6.07, 6.45) is 0. The first kappa shape index (κ1) is 36.2. The van der Waals surface area contributed by atoms with Crippen LogP contribution in [0.25, 0.3) is 65.7 Å². The van der Waals surface area contributed by atoms with Crippen molar-refractivity contribution in [2.45, 2.75) is 13.8 Å². The number of hydrogen-bond donors (Lipinski definition) is 0. The van der Waals surface area contributed by atoms with Crippen molar-refractivity contribution in [1.82, 2.24) is 0 Å². The molecule has 11 rings (SSSR count). The number of rotatable bonds is 8. The highest BCUT2D eigenvalue weighted by atomic mass is 16.3. The molecule has 1 aromatic heterocycles. The molecule has 0 N–H and O–H groups in total. The van der Waals surface area contributed by atoms with E-state index in [0.29, 0.717) is 0 Å². The summed E-state index contributed by atoms with van der Waals surface area (Å²) < 4.78 is 7.16. The van der Waals surface area contributed by atoms with Gasteiger partial charge in [0, 0.05) is 56.4 Å². The lowest BCUT2D eigenvalue weighted by atomic mass is 9.96. The molecule has 11 aromatic rings. The molecule has 3 heteroatoms. The minimum atomic E-state index is 0.843. The van der Waals surface area contributed by atoms with E-state index < -0.39 is 0 Å². The van der Waals surface area contributed by atoms with Crippen molar-refractivity contribution in [2.75, 3.05) is 9.80 Å². The van der Waals surface area contributed by atoms with Gasteiger partial charge in [-0.2, -0.15) is 0 Å². The second kappa shape index (κ2) is 15.1. The van der Waals surface area contributed by atoms with Gasteiger partial charge in [0.15, 0.2) is 0 Å². The van der Waals surface area contributed by atoms with Crippen LogP contribution in [0.15, 0.2) is 223 Å². The maximum absolute atomic E-state index is 7.16. The Balaban J connectivity index is 1.17. The molecule has 0 amide bonds. The lowest BCUT2D eigenvalue weighted by molar-refractivity contribution is 0.669. The van der Waals surface area contributed by atoms with Crippen LogP contribution in [0.2, 0.25) is 0 Å². The Morgan fingerprint density at radius 1 is 0.295 bits per heavy atom. The number of anilines is 6. The van der Waals surface area contributed by atoms with Gasteiger partial charge >= 0.3 is 0 Å². The quantitative estimate of drug-likeness (QED) is 0.153. The van der Waals surface area contributed by atoms with Crippen molar-refractivity contribution in [3.63, 3.8) is 0 Å². The van der Waals surface area contributed by atoms with Crippen LogP contribution >= 0.6 is 0 Å². The highest BCUT2D eigenvalue weighted by molar-refractivity contribution is 6.30. The zero-order valence-corrected chi connectivity index (χ0v) is 34.1. The lowest BCUT2D eigenvalue weighted by Crippen LogP contribution is -2.11. The predicted molar refractivity (Wildman–Crippen MR) is 258 cm³/mol. The maximum atomic E-state index is 7.16. The Bertz CT molecular complexity index is 3140. The normalized spacial score (nSPS) is 11.4. The summed E-state index contributed by atoms with van der Waals surface area (Å²) in [5.74, 6) is 0. The summed E-state index contributed by atoms with van der Waals surface area (Å²) in [4.78, 5) is 4.76. The van der Waals surface area contributed by atoms with Crippen LogP contribution in [0.1, 0.15) is 11.1 Å². The molecule has 0 aliphatic carbocycles. The standard InChI is InChI=1S/C58H42N2O/c1-39-27-31-45(32-28-39)59(47-21-13-19-43(35-47)41-15-5-3-6-16-41)53-37-55-57(51-25-11-9-23-49(51)53)58-52-26-12-10-24-50(52)54(38-56(58)61-55)60(46-33-29-40(2)30-34-46)48-22-14-20-44(36-48)42-17-7-4-8-18-42/h3-38H,1-2H3. The summed E-state index contributed by atoms with van der Waals surface area (Å²) in [6, 6.07) is 78.6. The molecule has 10 aromatic carbocycles. The highest BCUT2D eigenvalue weighted by Crippen LogP contribution is 2.49. The van der Waals surface area contributed by atoms with E-state index >= 15 is 0 Å². The Labute approximate surface area is 356 Å². The maximum Gasteiger partial charge on any atom is 0.138 e. The van der Waals surface area contributed by atoms with Gasteiger partial charge in [-0.3, -0.25) is 0 Å². The average molecular weight is 783 g/mol. The third-order valence-corrected chi connectivity index (χ3v) is 11.9. The molecule has 1 heterocycles. The van der Waals surface area contributed by atoms with Gasteiger partial charge in [-0.05, 0) is 95.4 Å². The molecule has 0 saturated carbocycles. The van der Waals surface area contributed by atoms with Crippen molar-refractivity contribution in [3.8, 4) is 22.3 Å². The highest BCUT2D eigenvalue weighted by Gasteiger charge is 2.24. The molecule has 0 saturated heterocycles. The van der Waals surface area contributed by atoms with E-state index in [-0.39, 0.29) is 0 Å². The molecule has 61 heavy (non-hydrogen) atoms. The smallest absolute Gasteiger partial charge is 0.138 e. The van der Waals surface area contributed by atoms with Crippen molar-refractivity contribution in [1.29, 1.82) is 0 Å². The first-order chi connectivity index (χ1) is 30.1. The SMILES string of the molecule is Cc1ccc(N(c2cccc(-c3ccccc3)c2)c2cc3oc4cc(N(c5ccc(C)cc5)c5cccc(-c6ccccc6)c5)c5ccccc5c4c3c3ccccc23)cc1. The number of nitrogens with zero attached hydrogens (tertiary/aromatic N) is 2. The van der Waals surface area contributed by atoms with Crippen molar-refractivity contribution in [2.24, 2.45) is 0 Å². The van der Waals surface area contributed by atoms with Gasteiger partial charge in [0.25, 0.3) is 0 Å². The zero-order chi connectivity index (χ0) is 40.9. The van der Waals surface area contributed by atoms with Gasteiger partial charge < -0.3 is 14.2 Å². The van der Waals surface area contributed by atoms with Gasteiger partial charge in [0.2, 0.25) is 0 Å². The summed E-state index contributed by atoms with van der Waals surface area (Å²) in [7, 11) is 0. The number of fused-ring (bicyclic) bond motifs is 7. The Morgan fingerprint density at radius 3 is 1.07 bits per heavy atom. The first-order valence-electron chi connectivity index (χ1n) is 20.9. The molecule has 0 aliphatic heterocycles. The zero-order valence-electron chi connectivity index (χ0n) is 34.1. The fraction of sp³-hybridized carbons (Fsp3) is 0.0345. The van der Waals surface area contributed by atoms with Crippen LogP contribution < -0.4 is 9.80 Å². The molecule has 0 spiro atoms. The van der Waals surface area contributed by atoms with E-state index in [1.807, 2.05) is 0 Å². The third-order valence-electron chi connectivity index (χ3n) is 11.9. The monoisotopic (exact) mass is 782 g/mol. The molecule has 290 valence electrons.